The van der Waals surface area contributed by atoms with E-state index in [1.54, 1.807) is 60.8 Å². The first-order chi connectivity index (χ1) is 30.4. The monoisotopic (exact) mass is 890 g/mol. The zero-order chi connectivity index (χ0) is 44.2. The Bertz CT molecular complexity index is 2680. The van der Waals surface area contributed by atoms with E-state index in [1.165, 1.54) is 23.1 Å². The predicted molar refractivity (Wildman–Crippen MR) is 234 cm³/mol. The van der Waals surface area contributed by atoms with Gasteiger partial charge in [0.2, 0.25) is 5.91 Å². The first-order valence-corrected chi connectivity index (χ1v) is 20.8. The minimum Gasteiger partial charge on any atom is -0.489 e. The largest absolute Gasteiger partial charge is 0.489 e. The van der Waals surface area contributed by atoms with Gasteiger partial charge in [-0.2, -0.15) is 0 Å². The number of nitrogens with zero attached hydrogens (tertiary/aromatic N) is 2. The number of benzene rings is 5. The van der Waals surface area contributed by atoms with E-state index in [-0.39, 0.29) is 31.7 Å². The Hall–Kier alpha value is -6.83. The number of carbonyl (C=O) groups is 3. The fourth-order valence-electron chi connectivity index (χ4n) is 7.35. The molecule has 3 N–H and O–H groups in total. The molecular formula is C48H41Cl2FN4O8. The molecule has 6 aromatic rings. The molecule has 15 heteroatoms. The maximum Gasteiger partial charge on any atom is 0.326 e. The number of hydrogen-bond acceptors (Lipinski definition) is 8. The van der Waals surface area contributed by atoms with Gasteiger partial charge in [0.05, 0.1) is 10.0 Å². The van der Waals surface area contributed by atoms with E-state index in [0.29, 0.717) is 56.5 Å². The molecule has 2 aliphatic rings. The van der Waals surface area contributed by atoms with E-state index in [4.69, 9.17) is 42.1 Å². The average Bonchev–Trinajstić information content (AvgIpc) is 3.27. The number of amides is 3. The van der Waals surface area contributed by atoms with Crippen LogP contribution in [0.3, 0.4) is 0 Å². The zero-order valence-corrected chi connectivity index (χ0v) is 35.6. The number of hydrogen-bond donors (Lipinski definition) is 3. The third-order valence-electron chi connectivity index (χ3n) is 10.9. The Kier molecular flexibility index (Phi) is 12.7. The Balaban J connectivity index is 0.973. The second-order valence-corrected chi connectivity index (χ2v) is 16.1. The number of anilines is 1. The summed E-state index contributed by atoms with van der Waals surface area (Å²) in [5, 5.41) is 16.5. The van der Waals surface area contributed by atoms with Gasteiger partial charge in [0.15, 0.2) is 17.6 Å². The third-order valence-corrected chi connectivity index (χ3v) is 11.7. The highest BCUT2D eigenvalue weighted by Crippen LogP contribution is 2.41. The summed E-state index contributed by atoms with van der Waals surface area (Å²) < 4.78 is 38.7. The molecule has 3 heterocycles. The van der Waals surface area contributed by atoms with Crippen LogP contribution in [0.15, 0.2) is 115 Å². The summed E-state index contributed by atoms with van der Waals surface area (Å²) in [4.78, 5) is 46.2. The van der Waals surface area contributed by atoms with Gasteiger partial charge in [-0.1, -0.05) is 59.6 Å². The van der Waals surface area contributed by atoms with E-state index in [2.05, 4.69) is 15.6 Å². The highest BCUT2D eigenvalue weighted by Gasteiger charge is 2.38. The zero-order valence-electron chi connectivity index (χ0n) is 34.1. The number of fused-ring (bicyclic) bond motifs is 2. The highest BCUT2D eigenvalue weighted by atomic mass is 35.5. The lowest BCUT2D eigenvalue weighted by Crippen LogP contribution is -2.56. The van der Waals surface area contributed by atoms with Gasteiger partial charge in [-0.25, -0.2) is 14.0 Å². The van der Waals surface area contributed by atoms with Gasteiger partial charge in [-0.3, -0.25) is 9.78 Å². The van der Waals surface area contributed by atoms with Gasteiger partial charge < -0.3 is 39.6 Å². The number of aryl methyl sites for hydroxylation is 1. The third kappa shape index (κ3) is 10.1. The standard InChI is InChI=1S/C48H41Cl2FN4O8/c1-27-28(2)52-17-16-42(27)62-37-11-6-29(7-12-37)19-40(47(57)58)54-46(56)41-20-32-21-43-44(22-33(32)24-55(41)48(59)53-35-5-3-4-34(51)23-35)63-45(26-61-43)31-9-13-36(14-10-31)60-25-30-8-15-38(49)39(50)18-30/h3-18,21-23,40-41,45H,19-20,24-26H2,1-2H3,(H,53,59)(H,54,56)(H,57,58). The number of rotatable bonds is 12. The van der Waals surface area contributed by atoms with E-state index in [0.717, 1.165) is 34.0 Å². The second-order valence-electron chi connectivity index (χ2n) is 15.2. The number of halogens is 3. The fourth-order valence-corrected chi connectivity index (χ4v) is 7.67. The predicted octanol–water partition coefficient (Wildman–Crippen LogP) is 9.80. The maximum atomic E-state index is 14.1. The molecule has 0 aliphatic carbocycles. The van der Waals surface area contributed by atoms with Crippen LogP contribution in [0.25, 0.3) is 0 Å². The molecule has 0 saturated carbocycles. The van der Waals surface area contributed by atoms with Crippen molar-refractivity contribution in [3.8, 4) is 28.7 Å². The summed E-state index contributed by atoms with van der Waals surface area (Å²) in [6, 6.07) is 27.3. The molecule has 0 saturated heterocycles. The summed E-state index contributed by atoms with van der Waals surface area (Å²) >= 11 is 12.2. The van der Waals surface area contributed by atoms with Gasteiger partial charge in [-0.15, -0.1) is 0 Å². The van der Waals surface area contributed by atoms with Gasteiger partial charge in [-0.05, 0) is 114 Å². The minimum atomic E-state index is -1.33. The lowest BCUT2D eigenvalue weighted by atomic mass is 9.92. The van der Waals surface area contributed by atoms with Crippen molar-refractivity contribution in [2.24, 2.45) is 0 Å². The first-order valence-electron chi connectivity index (χ1n) is 20.0. The molecule has 3 atom stereocenters. The molecule has 0 radical (unpaired) electrons. The Morgan fingerprint density at radius 1 is 0.889 bits per heavy atom. The molecule has 322 valence electrons. The van der Waals surface area contributed by atoms with Crippen molar-refractivity contribution in [1.82, 2.24) is 15.2 Å². The van der Waals surface area contributed by atoms with Crippen molar-refractivity contribution in [3.63, 3.8) is 0 Å². The molecule has 8 rings (SSSR count). The van der Waals surface area contributed by atoms with E-state index in [9.17, 15) is 23.9 Å². The number of carboxylic acid groups (broad SMARTS) is 1. The van der Waals surface area contributed by atoms with E-state index >= 15 is 0 Å². The van der Waals surface area contributed by atoms with Crippen molar-refractivity contribution < 1.29 is 42.8 Å². The number of aliphatic carboxylic acids is 1. The van der Waals surface area contributed by atoms with E-state index in [1.807, 2.05) is 44.2 Å². The molecule has 5 aromatic carbocycles. The van der Waals surface area contributed by atoms with Crippen LogP contribution in [-0.2, 0) is 35.6 Å². The van der Waals surface area contributed by atoms with Crippen LogP contribution in [-0.4, -0.2) is 51.6 Å². The van der Waals surface area contributed by atoms with Crippen molar-refractivity contribution >= 4 is 46.8 Å². The van der Waals surface area contributed by atoms with Crippen LogP contribution in [0.1, 0.15) is 45.2 Å². The van der Waals surface area contributed by atoms with Gasteiger partial charge in [0.1, 0.15) is 48.4 Å². The highest BCUT2D eigenvalue weighted by molar-refractivity contribution is 6.42. The van der Waals surface area contributed by atoms with Crippen LogP contribution in [0.5, 0.6) is 28.7 Å². The molecule has 2 aliphatic heterocycles. The van der Waals surface area contributed by atoms with Gasteiger partial charge >= 0.3 is 12.0 Å². The average molecular weight is 892 g/mol. The van der Waals surface area contributed by atoms with Crippen molar-refractivity contribution in [3.05, 3.63) is 170 Å². The van der Waals surface area contributed by atoms with Crippen LogP contribution in [0, 0.1) is 19.7 Å². The normalized spacial score (nSPS) is 15.7. The molecule has 3 amide bonds. The van der Waals surface area contributed by atoms with Crippen LogP contribution < -0.4 is 29.6 Å². The van der Waals surface area contributed by atoms with Crippen LogP contribution in [0.4, 0.5) is 14.9 Å². The lowest BCUT2D eigenvalue weighted by molar-refractivity contribution is -0.142. The van der Waals surface area contributed by atoms with Crippen molar-refractivity contribution in [1.29, 1.82) is 0 Å². The number of pyridine rings is 1. The Labute approximate surface area is 372 Å². The SMILES string of the molecule is Cc1nccc(Oc2ccc(CC(NC(=O)C3Cc4cc5c(cc4CN3C(=O)Nc3cccc(F)c3)OC(c3ccc(OCc4ccc(Cl)c(Cl)c4)cc3)CO5)C(=O)O)cc2)c1C. The molecular weight excluding hydrogens is 850 g/mol. The van der Waals surface area contributed by atoms with Gasteiger partial charge in [0.25, 0.3) is 0 Å². The molecule has 0 spiro atoms. The molecule has 1 aromatic heterocycles. The smallest absolute Gasteiger partial charge is 0.326 e. The number of urea groups is 1. The molecule has 3 unspecified atom stereocenters. The van der Waals surface area contributed by atoms with Crippen LogP contribution >= 0.6 is 23.2 Å². The second kappa shape index (κ2) is 18.6. The topological polar surface area (TPSA) is 149 Å². The molecule has 12 nitrogen and oxygen atoms in total. The summed E-state index contributed by atoms with van der Waals surface area (Å²) in [5.41, 5.74) is 5.69. The van der Waals surface area contributed by atoms with Gasteiger partial charge in [0, 0.05) is 42.5 Å². The Morgan fingerprint density at radius 3 is 2.38 bits per heavy atom. The minimum absolute atomic E-state index is 0.0355. The summed E-state index contributed by atoms with van der Waals surface area (Å²) in [7, 11) is 0. The number of carbonyl (C=O) groups excluding carboxylic acids is 2. The lowest BCUT2D eigenvalue weighted by Gasteiger charge is -2.37. The Morgan fingerprint density at radius 2 is 1.63 bits per heavy atom. The number of nitrogens with one attached hydrogen (secondary N) is 2. The first kappa shape index (κ1) is 42.8. The molecule has 63 heavy (non-hydrogen) atoms. The maximum absolute atomic E-state index is 14.1. The fraction of sp³-hybridized carbons (Fsp3) is 0.208. The summed E-state index contributed by atoms with van der Waals surface area (Å²) in [6.07, 6.45) is 1.20. The number of aromatic nitrogens is 1. The van der Waals surface area contributed by atoms with Crippen molar-refractivity contribution in [2.45, 2.75) is 58.0 Å². The number of ether oxygens (including phenoxy) is 4. The summed E-state index contributed by atoms with van der Waals surface area (Å²) in [5.74, 6) is 0.285. The summed E-state index contributed by atoms with van der Waals surface area (Å²) in [6.45, 7) is 4.27. The van der Waals surface area contributed by atoms with Crippen molar-refractivity contribution in [2.75, 3.05) is 11.9 Å². The molecule has 0 bridgehead atoms. The quantitative estimate of drug-likeness (QED) is 0.109. The van der Waals surface area contributed by atoms with Crippen LogP contribution in [0.2, 0.25) is 10.0 Å². The molecule has 0 fully saturated rings. The van der Waals surface area contributed by atoms with E-state index < -0.39 is 41.9 Å². The number of carboxylic acids is 1.